The molecule has 2 saturated heterocycles. The summed E-state index contributed by atoms with van der Waals surface area (Å²) in [6.07, 6.45) is -12.0. The summed E-state index contributed by atoms with van der Waals surface area (Å²) in [7, 11) is 0. The maximum absolute atomic E-state index is 11.9. The quantitative estimate of drug-likeness (QED) is 0.120. The van der Waals surface area contributed by atoms with E-state index in [2.05, 4.69) is 0 Å². The van der Waals surface area contributed by atoms with Gasteiger partial charge in [0, 0.05) is 12.8 Å². The number of hydrogen-bond acceptors (Lipinski definition) is 13. The zero-order valence-electron chi connectivity index (χ0n) is 20.7. The Morgan fingerprint density at radius 3 is 1.44 bits per heavy atom. The molecule has 0 saturated carbocycles. The lowest BCUT2D eigenvalue weighted by molar-refractivity contribution is -0.376. The zero-order valence-corrected chi connectivity index (χ0v) is 20.7. The lowest BCUT2D eigenvalue weighted by Crippen LogP contribution is -2.64. The summed E-state index contributed by atoms with van der Waals surface area (Å²) in [4.78, 5) is 23.7. The highest BCUT2D eigenvalue weighted by Crippen LogP contribution is 2.28. The van der Waals surface area contributed by atoms with Crippen LogP contribution in [-0.2, 0) is 33.3 Å². The first-order valence-corrected chi connectivity index (χ1v) is 12.5. The van der Waals surface area contributed by atoms with Gasteiger partial charge >= 0.3 is 11.9 Å². The number of unbranched alkanes of at least 4 members (excludes halogenated alkanes) is 3. The van der Waals surface area contributed by atoms with Crippen molar-refractivity contribution in [2.24, 2.45) is 0 Å². The molecule has 0 aliphatic carbocycles. The summed E-state index contributed by atoms with van der Waals surface area (Å²) in [6.45, 7) is 3.03. The number of ether oxygens (including phenoxy) is 5. The first-order chi connectivity index (χ1) is 17.1. The van der Waals surface area contributed by atoms with E-state index in [1.54, 1.807) is 0 Å². The molecule has 0 aromatic heterocycles. The van der Waals surface area contributed by atoms with Gasteiger partial charge in [-0.3, -0.25) is 9.59 Å². The van der Waals surface area contributed by atoms with Crippen LogP contribution in [0.1, 0.15) is 58.8 Å². The minimum Gasteiger partial charge on any atom is -0.463 e. The lowest BCUT2D eigenvalue weighted by atomic mass is 9.98. The fourth-order valence-electron chi connectivity index (χ4n) is 3.80. The number of aliphatic hydroxyl groups is 6. The Balaban J connectivity index is 1.98. The second-order valence-corrected chi connectivity index (χ2v) is 9.09. The molecule has 36 heavy (non-hydrogen) atoms. The molecular weight excluding hydrogens is 484 g/mol. The number of hydrogen-bond donors (Lipinski definition) is 6. The van der Waals surface area contributed by atoms with Gasteiger partial charge in [0.05, 0.1) is 0 Å². The summed E-state index contributed by atoms with van der Waals surface area (Å²) >= 11 is 0. The van der Waals surface area contributed by atoms with E-state index < -0.39 is 86.6 Å². The molecule has 0 amide bonds. The third-order valence-corrected chi connectivity index (χ3v) is 6.14. The van der Waals surface area contributed by atoms with Crippen LogP contribution in [0.25, 0.3) is 0 Å². The van der Waals surface area contributed by atoms with Gasteiger partial charge in [-0.15, -0.1) is 0 Å². The van der Waals surface area contributed by atoms with Crippen LogP contribution in [0.5, 0.6) is 0 Å². The van der Waals surface area contributed by atoms with E-state index in [-0.39, 0.29) is 12.8 Å². The van der Waals surface area contributed by atoms with Crippen LogP contribution in [0.4, 0.5) is 0 Å². The summed E-state index contributed by atoms with van der Waals surface area (Å²) < 4.78 is 26.5. The van der Waals surface area contributed by atoms with Crippen molar-refractivity contribution in [1.29, 1.82) is 0 Å². The van der Waals surface area contributed by atoms with Crippen LogP contribution in [0, 0.1) is 0 Å². The van der Waals surface area contributed by atoms with E-state index in [4.69, 9.17) is 23.7 Å². The van der Waals surface area contributed by atoms with Crippen molar-refractivity contribution in [3.05, 3.63) is 0 Å². The van der Waals surface area contributed by atoms with Gasteiger partial charge in [-0.1, -0.05) is 33.1 Å². The van der Waals surface area contributed by atoms with Crippen molar-refractivity contribution in [3.8, 4) is 0 Å². The molecule has 2 heterocycles. The Bertz CT molecular complexity index is 676. The molecule has 2 fully saturated rings. The van der Waals surface area contributed by atoms with Crippen LogP contribution in [0.15, 0.2) is 0 Å². The fourth-order valence-corrected chi connectivity index (χ4v) is 3.80. The highest BCUT2D eigenvalue weighted by molar-refractivity contribution is 5.69. The van der Waals surface area contributed by atoms with E-state index in [1.807, 2.05) is 13.8 Å². The van der Waals surface area contributed by atoms with Gasteiger partial charge in [-0.25, -0.2) is 0 Å². The van der Waals surface area contributed by atoms with Crippen LogP contribution in [0.2, 0.25) is 0 Å². The van der Waals surface area contributed by atoms with Crippen molar-refractivity contribution in [2.75, 3.05) is 13.2 Å². The van der Waals surface area contributed by atoms with Crippen LogP contribution in [-0.4, -0.2) is 117 Å². The van der Waals surface area contributed by atoms with E-state index in [1.165, 1.54) is 0 Å². The van der Waals surface area contributed by atoms with Gasteiger partial charge in [0.25, 0.3) is 0 Å². The van der Waals surface area contributed by atoms with Crippen LogP contribution in [0.3, 0.4) is 0 Å². The Morgan fingerprint density at radius 1 is 0.611 bits per heavy atom. The Kier molecular flexibility index (Phi) is 12.9. The molecular formula is C23H40O13. The minimum atomic E-state index is -1.79. The van der Waals surface area contributed by atoms with Gasteiger partial charge in [-0.2, -0.15) is 0 Å². The minimum absolute atomic E-state index is 0.164. The molecule has 0 aromatic rings. The van der Waals surface area contributed by atoms with Crippen molar-refractivity contribution < 1.29 is 63.9 Å². The average molecular weight is 525 g/mol. The number of rotatable bonds is 13. The number of carbonyl (C=O) groups excluding carboxylic acids is 2. The number of esters is 2. The highest BCUT2D eigenvalue weighted by atomic mass is 16.8. The predicted octanol–water partition coefficient (Wildman–Crippen LogP) is -1.52. The predicted molar refractivity (Wildman–Crippen MR) is 120 cm³/mol. The van der Waals surface area contributed by atoms with Crippen molar-refractivity contribution in [3.63, 3.8) is 0 Å². The molecule has 13 heteroatoms. The molecule has 10 atom stereocenters. The molecule has 6 N–H and O–H groups in total. The van der Waals surface area contributed by atoms with E-state index in [0.29, 0.717) is 12.8 Å². The number of carbonyl (C=O) groups is 2. The summed E-state index contributed by atoms with van der Waals surface area (Å²) in [6, 6.07) is 0. The molecule has 2 aliphatic rings. The molecule has 2 aliphatic heterocycles. The average Bonchev–Trinajstić information content (AvgIpc) is 2.86. The van der Waals surface area contributed by atoms with Crippen molar-refractivity contribution >= 4 is 11.9 Å². The molecule has 5 unspecified atom stereocenters. The van der Waals surface area contributed by atoms with Gasteiger partial charge < -0.3 is 54.3 Å². The third-order valence-electron chi connectivity index (χ3n) is 6.14. The van der Waals surface area contributed by atoms with Gasteiger partial charge in [0.1, 0.15) is 62.0 Å². The maximum atomic E-state index is 11.9. The molecule has 0 spiro atoms. The lowest BCUT2D eigenvalue weighted by Gasteiger charge is -2.44. The molecule has 2 rings (SSSR count). The molecule has 0 radical (unpaired) electrons. The Labute approximate surface area is 209 Å². The van der Waals surface area contributed by atoms with Crippen molar-refractivity contribution in [2.45, 2.75) is 120 Å². The SMILES string of the molecule is CCCCCC(=O)OCC1O[C@H](O[C@H]2OC(COC(=O)CCCC)[C@@H](O)C(O)C2O)C(O)[C@@H](O)[C@@H]1O. The summed E-state index contributed by atoms with van der Waals surface area (Å²) in [5, 5.41) is 61.5. The maximum Gasteiger partial charge on any atom is 0.305 e. The first kappa shape index (κ1) is 30.8. The molecule has 0 bridgehead atoms. The molecule has 0 aromatic carbocycles. The zero-order chi connectivity index (χ0) is 26.8. The van der Waals surface area contributed by atoms with Crippen LogP contribution >= 0.6 is 0 Å². The van der Waals surface area contributed by atoms with E-state index in [9.17, 15) is 40.2 Å². The highest BCUT2D eigenvalue weighted by Gasteiger charge is 2.50. The summed E-state index contributed by atoms with van der Waals surface area (Å²) in [5.41, 5.74) is 0. The Morgan fingerprint density at radius 2 is 1.03 bits per heavy atom. The van der Waals surface area contributed by atoms with E-state index in [0.717, 1.165) is 19.3 Å². The molecule has 13 nitrogen and oxygen atoms in total. The van der Waals surface area contributed by atoms with Gasteiger partial charge in [0.15, 0.2) is 12.6 Å². The second kappa shape index (κ2) is 15.1. The largest absolute Gasteiger partial charge is 0.463 e. The first-order valence-electron chi connectivity index (χ1n) is 12.5. The second-order valence-electron chi connectivity index (χ2n) is 9.09. The smallest absolute Gasteiger partial charge is 0.305 e. The van der Waals surface area contributed by atoms with Gasteiger partial charge in [-0.05, 0) is 12.8 Å². The normalized spacial score (nSPS) is 36.9. The van der Waals surface area contributed by atoms with Gasteiger partial charge in [0.2, 0.25) is 0 Å². The van der Waals surface area contributed by atoms with E-state index >= 15 is 0 Å². The molecule has 210 valence electrons. The monoisotopic (exact) mass is 524 g/mol. The summed E-state index contributed by atoms with van der Waals surface area (Å²) in [5.74, 6) is -1.04. The standard InChI is InChI=1S/C23H40O13/c1-3-5-7-9-15(25)33-11-13-17(27)19(29)21(31)23(35-13)36-22-20(30)18(28)16(26)12(34-22)10-32-14(24)8-6-4-2/h12-13,16-23,26-31H,3-11H2,1-2H3/t12?,13?,16-,17-,18?,19+,20?,21?,22-,23-/m1/s1. The van der Waals surface area contributed by atoms with Crippen molar-refractivity contribution in [1.82, 2.24) is 0 Å². The Hall–Kier alpha value is -1.42. The number of aliphatic hydroxyl groups excluding tert-OH is 6. The third kappa shape index (κ3) is 8.57. The fraction of sp³-hybridized carbons (Fsp3) is 0.913. The topological polar surface area (TPSA) is 202 Å². The van der Waals surface area contributed by atoms with Crippen LogP contribution < -0.4 is 0 Å².